The number of likely N-dealkylation sites (N-methyl/N-ethyl adjacent to an activating group) is 1. The van der Waals surface area contributed by atoms with Gasteiger partial charge in [-0.25, -0.2) is 4.79 Å². The lowest BCUT2D eigenvalue weighted by molar-refractivity contribution is -0.303. The van der Waals surface area contributed by atoms with E-state index in [1.54, 1.807) is 13.1 Å². The zero-order valence-corrected chi connectivity index (χ0v) is 19.2. The lowest BCUT2D eigenvalue weighted by atomic mass is 9.84. The summed E-state index contributed by atoms with van der Waals surface area (Å²) in [5.41, 5.74) is 17.2. The van der Waals surface area contributed by atoms with Crippen molar-refractivity contribution in [3.05, 3.63) is 11.8 Å². The van der Waals surface area contributed by atoms with Crippen LogP contribution < -0.4 is 27.8 Å². The minimum absolute atomic E-state index is 0.0644. The van der Waals surface area contributed by atoms with Crippen LogP contribution in [0.2, 0.25) is 0 Å². The van der Waals surface area contributed by atoms with Gasteiger partial charge in [0.05, 0.1) is 25.2 Å². The molecule has 0 spiro atoms. The second-order valence-corrected chi connectivity index (χ2v) is 9.26. The Bertz CT molecular complexity index is 741. The average molecular weight is 492 g/mol. The summed E-state index contributed by atoms with van der Waals surface area (Å²) in [6.07, 6.45) is -5.64. The molecule has 0 unspecified atom stereocenters. The zero-order chi connectivity index (χ0) is 25.2. The summed E-state index contributed by atoms with van der Waals surface area (Å²) in [5.74, 6) is 0.335. The SMILES string of the molecule is CN[C@@H]1[C@@H](O)[C@@H](O[C@@H]2[C@@H](O)[C@H](O[C@H]3OC(CNC(=O)O)=CC[C@H]3N)[C@@H](N)C[C@H]2N)OC[C@]1(C)O. The minimum atomic E-state index is -1.33. The molecule has 0 aromatic carbocycles. The molecule has 2 heterocycles. The van der Waals surface area contributed by atoms with E-state index in [2.05, 4.69) is 10.6 Å². The van der Waals surface area contributed by atoms with E-state index in [1.807, 2.05) is 0 Å². The van der Waals surface area contributed by atoms with Crippen molar-refractivity contribution >= 4 is 6.09 Å². The summed E-state index contributed by atoms with van der Waals surface area (Å²) in [7, 11) is 1.59. The van der Waals surface area contributed by atoms with Crippen LogP contribution in [-0.4, -0.2) is 113 Å². The molecule has 3 rings (SSSR count). The highest BCUT2D eigenvalue weighted by atomic mass is 16.7. The highest BCUT2D eigenvalue weighted by Crippen LogP contribution is 2.31. The molecular weight excluding hydrogens is 454 g/mol. The van der Waals surface area contributed by atoms with Crippen LogP contribution >= 0.6 is 0 Å². The molecule has 0 aromatic rings. The van der Waals surface area contributed by atoms with E-state index < -0.39 is 72.9 Å². The Hall–Kier alpha value is -1.59. The molecular formula is C20H37N5O9. The largest absolute Gasteiger partial charge is 0.466 e. The lowest BCUT2D eigenvalue weighted by Crippen LogP contribution is -2.68. The number of rotatable bonds is 7. The Labute approximate surface area is 197 Å². The first-order chi connectivity index (χ1) is 15.9. The summed E-state index contributed by atoms with van der Waals surface area (Å²) < 4.78 is 23.0. The van der Waals surface area contributed by atoms with Crippen LogP contribution in [-0.2, 0) is 18.9 Å². The van der Waals surface area contributed by atoms with Crippen LogP contribution in [0.3, 0.4) is 0 Å². The Morgan fingerprint density at radius 1 is 1.15 bits per heavy atom. The fourth-order valence-corrected chi connectivity index (χ4v) is 4.58. The summed E-state index contributed by atoms with van der Waals surface area (Å²) in [6.45, 7) is 1.35. The molecule has 196 valence electrons. The van der Waals surface area contributed by atoms with Gasteiger partial charge in [0, 0.05) is 12.1 Å². The quantitative estimate of drug-likeness (QED) is 0.168. The van der Waals surface area contributed by atoms with Crippen molar-refractivity contribution < 1.29 is 44.2 Å². The van der Waals surface area contributed by atoms with E-state index in [0.717, 1.165) is 0 Å². The molecule has 0 aromatic heterocycles. The molecule has 0 bridgehead atoms. The molecule has 3 aliphatic rings. The zero-order valence-electron chi connectivity index (χ0n) is 19.2. The Balaban J connectivity index is 1.67. The molecule has 11 atom stereocenters. The fraction of sp³-hybridized carbons (Fsp3) is 0.850. The first kappa shape index (κ1) is 27.0. The molecule has 1 saturated heterocycles. The second kappa shape index (κ2) is 11.0. The van der Waals surface area contributed by atoms with Crippen molar-refractivity contribution in [2.75, 3.05) is 20.2 Å². The number of amides is 1. The minimum Gasteiger partial charge on any atom is -0.466 e. The topological polar surface area (TPSA) is 237 Å². The summed E-state index contributed by atoms with van der Waals surface area (Å²) in [4.78, 5) is 10.7. The van der Waals surface area contributed by atoms with Crippen molar-refractivity contribution in [1.29, 1.82) is 0 Å². The Kier molecular flexibility index (Phi) is 8.73. The number of nitrogens with two attached hydrogens (primary N) is 3. The summed E-state index contributed by atoms with van der Waals surface area (Å²) in [5, 5.41) is 46.0. The maximum Gasteiger partial charge on any atom is 0.405 e. The van der Waals surface area contributed by atoms with Gasteiger partial charge in [-0.05, 0) is 32.9 Å². The van der Waals surface area contributed by atoms with Gasteiger partial charge in [-0.3, -0.25) is 0 Å². The predicted molar refractivity (Wildman–Crippen MR) is 117 cm³/mol. The number of carboxylic acid groups (broad SMARTS) is 1. The van der Waals surface area contributed by atoms with Crippen molar-refractivity contribution in [2.24, 2.45) is 17.2 Å². The second-order valence-electron chi connectivity index (χ2n) is 9.26. The van der Waals surface area contributed by atoms with E-state index in [1.165, 1.54) is 6.92 Å². The Morgan fingerprint density at radius 2 is 1.76 bits per heavy atom. The molecule has 1 saturated carbocycles. The molecule has 14 nitrogen and oxygen atoms in total. The molecule has 34 heavy (non-hydrogen) atoms. The molecule has 2 aliphatic heterocycles. The molecule has 12 N–H and O–H groups in total. The molecule has 14 heteroatoms. The number of nitrogens with one attached hydrogen (secondary N) is 2. The van der Waals surface area contributed by atoms with Crippen LogP contribution in [0.15, 0.2) is 11.8 Å². The third-order valence-corrected chi connectivity index (χ3v) is 6.43. The maximum absolute atomic E-state index is 11.1. The van der Waals surface area contributed by atoms with E-state index in [9.17, 15) is 20.1 Å². The number of carbonyl (C=O) groups is 1. The number of aliphatic hydroxyl groups excluding tert-OH is 2. The van der Waals surface area contributed by atoms with Crippen molar-refractivity contribution in [3.8, 4) is 0 Å². The normalized spacial score (nSPS) is 45.2. The van der Waals surface area contributed by atoms with Gasteiger partial charge in [0.25, 0.3) is 0 Å². The van der Waals surface area contributed by atoms with Crippen molar-refractivity contribution in [3.63, 3.8) is 0 Å². The Morgan fingerprint density at radius 3 is 2.35 bits per heavy atom. The van der Waals surface area contributed by atoms with Crippen molar-refractivity contribution in [1.82, 2.24) is 10.6 Å². The van der Waals surface area contributed by atoms with Gasteiger partial charge in [0.15, 0.2) is 6.29 Å². The number of hydrogen-bond acceptors (Lipinski definition) is 12. The first-order valence-electron chi connectivity index (χ1n) is 11.2. The third-order valence-electron chi connectivity index (χ3n) is 6.43. The van der Waals surface area contributed by atoms with Crippen LogP contribution in [0.1, 0.15) is 19.8 Å². The molecule has 2 fully saturated rings. The first-order valence-corrected chi connectivity index (χ1v) is 11.2. The summed E-state index contributed by atoms with van der Waals surface area (Å²) >= 11 is 0. The maximum atomic E-state index is 11.1. The average Bonchev–Trinajstić information content (AvgIpc) is 2.75. The smallest absolute Gasteiger partial charge is 0.405 e. The number of hydrogen-bond donors (Lipinski definition) is 9. The molecule has 1 amide bonds. The van der Waals surface area contributed by atoms with E-state index in [4.69, 9.17) is 41.3 Å². The molecule has 0 radical (unpaired) electrons. The highest BCUT2D eigenvalue weighted by Gasteiger charge is 2.50. The lowest BCUT2D eigenvalue weighted by Gasteiger charge is -2.48. The van der Waals surface area contributed by atoms with E-state index in [-0.39, 0.29) is 19.6 Å². The summed E-state index contributed by atoms with van der Waals surface area (Å²) in [6, 6.07) is -2.68. The predicted octanol–water partition coefficient (Wildman–Crippen LogP) is -3.54. The molecule has 1 aliphatic carbocycles. The number of aliphatic hydroxyl groups is 3. The van der Waals surface area contributed by atoms with Gasteiger partial charge in [-0.2, -0.15) is 0 Å². The van der Waals surface area contributed by atoms with Crippen LogP contribution in [0, 0.1) is 0 Å². The van der Waals surface area contributed by atoms with Gasteiger partial charge in [-0.1, -0.05) is 0 Å². The van der Waals surface area contributed by atoms with Crippen LogP contribution in [0.5, 0.6) is 0 Å². The fourth-order valence-electron chi connectivity index (χ4n) is 4.58. The van der Waals surface area contributed by atoms with Gasteiger partial charge in [0.1, 0.15) is 35.8 Å². The standard InChI is InChI=1S/C20H37N5O9/c1-20(30)7-31-18(13(27)16(20)24-2)34-15-11(23)5-10(22)14(12(15)26)33-17-9(21)4-3-8(32-17)6-25-19(28)29/h3,9-18,24-27,30H,4-7,21-23H2,1-2H3,(H,28,29)/t9-,10+,11-,12+,13-,14-,15+,16-,17-,18-,20+/m1/s1. The highest BCUT2D eigenvalue weighted by molar-refractivity contribution is 5.64. The van der Waals surface area contributed by atoms with Gasteiger partial charge in [-0.15, -0.1) is 0 Å². The van der Waals surface area contributed by atoms with Gasteiger partial charge >= 0.3 is 6.09 Å². The van der Waals surface area contributed by atoms with Crippen LogP contribution in [0.4, 0.5) is 4.79 Å². The van der Waals surface area contributed by atoms with Gasteiger partial charge in [0.2, 0.25) is 6.29 Å². The van der Waals surface area contributed by atoms with Crippen molar-refractivity contribution in [2.45, 2.75) is 86.5 Å². The van der Waals surface area contributed by atoms with Crippen LogP contribution in [0.25, 0.3) is 0 Å². The monoisotopic (exact) mass is 491 g/mol. The number of ether oxygens (including phenoxy) is 4. The van der Waals surface area contributed by atoms with Gasteiger partial charge < -0.3 is 67.2 Å². The van der Waals surface area contributed by atoms with E-state index >= 15 is 0 Å². The third kappa shape index (κ3) is 5.96. The van der Waals surface area contributed by atoms with E-state index in [0.29, 0.717) is 12.2 Å².